The first-order valence-corrected chi connectivity index (χ1v) is 4.82. The minimum Gasteiger partial charge on any atom is -0.316 e. The van der Waals surface area contributed by atoms with E-state index in [9.17, 15) is 18.0 Å². The second-order valence-electron chi connectivity index (χ2n) is 3.45. The van der Waals surface area contributed by atoms with Gasteiger partial charge in [-0.25, -0.2) is 18.2 Å². The van der Waals surface area contributed by atoms with Crippen LogP contribution in [-0.4, -0.2) is 21.1 Å². The first-order chi connectivity index (χ1) is 8.47. The van der Waals surface area contributed by atoms with Gasteiger partial charge < -0.3 is 5.32 Å². The highest BCUT2D eigenvalue weighted by Gasteiger charge is 2.16. The summed E-state index contributed by atoms with van der Waals surface area (Å²) in [5, 5.41) is 7.92. The summed E-state index contributed by atoms with van der Waals surface area (Å²) in [6.07, 6.45) is 0. The molecule has 0 saturated heterocycles. The van der Waals surface area contributed by atoms with Crippen molar-refractivity contribution in [2.45, 2.75) is 6.92 Å². The van der Waals surface area contributed by atoms with Crippen molar-refractivity contribution in [2.24, 2.45) is 0 Å². The molecule has 2 rings (SSSR count). The molecule has 1 aromatic heterocycles. The van der Waals surface area contributed by atoms with Gasteiger partial charge in [0.1, 0.15) is 11.6 Å². The normalized spacial score (nSPS) is 10.4. The fourth-order valence-electron chi connectivity index (χ4n) is 1.27. The van der Waals surface area contributed by atoms with Crippen molar-refractivity contribution in [1.29, 1.82) is 0 Å². The number of rotatable bonds is 2. The molecule has 0 aliphatic rings. The van der Waals surface area contributed by atoms with E-state index in [1.54, 1.807) is 6.92 Å². The predicted octanol–water partition coefficient (Wildman–Crippen LogP) is 1.78. The van der Waals surface area contributed by atoms with E-state index in [-0.39, 0.29) is 5.82 Å². The smallest absolute Gasteiger partial charge is 0.295 e. The Morgan fingerprint density at radius 2 is 2.06 bits per heavy atom. The molecule has 5 nitrogen and oxygen atoms in total. The number of aryl methyl sites for hydroxylation is 1. The Kier molecular flexibility index (Phi) is 3.00. The molecule has 0 bridgehead atoms. The third-order valence-electron chi connectivity index (χ3n) is 2.04. The summed E-state index contributed by atoms with van der Waals surface area (Å²) in [5.41, 5.74) is -0.611. The lowest BCUT2D eigenvalue weighted by molar-refractivity contribution is 0.101. The Bertz CT molecular complexity index is 611. The van der Waals surface area contributed by atoms with Gasteiger partial charge in [-0.15, -0.1) is 5.10 Å². The number of benzene rings is 1. The lowest BCUT2D eigenvalue weighted by Gasteiger charge is -2.04. The summed E-state index contributed by atoms with van der Waals surface area (Å²) in [6.45, 7) is 1.56. The molecule has 18 heavy (non-hydrogen) atoms. The van der Waals surface area contributed by atoms with Crippen LogP contribution in [-0.2, 0) is 0 Å². The van der Waals surface area contributed by atoms with Crippen LogP contribution in [0.15, 0.2) is 12.1 Å². The first kappa shape index (κ1) is 12.1. The fourth-order valence-corrected chi connectivity index (χ4v) is 1.27. The highest BCUT2D eigenvalue weighted by Crippen LogP contribution is 2.19. The van der Waals surface area contributed by atoms with Gasteiger partial charge in [-0.2, -0.15) is 0 Å². The molecule has 2 aromatic rings. The number of carbonyl (C=O) groups excluding carboxylic acids is 1. The van der Waals surface area contributed by atoms with Crippen LogP contribution in [0, 0.1) is 24.4 Å². The molecule has 0 atom stereocenters. The van der Waals surface area contributed by atoms with E-state index in [0.29, 0.717) is 18.0 Å². The van der Waals surface area contributed by atoms with Crippen molar-refractivity contribution in [3.8, 4) is 0 Å². The van der Waals surface area contributed by atoms with Crippen LogP contribution in [0.1, 0.15) is 16.4 Å². The number of amides is 1. The molecule has 94 valence electrons. The van der Waals surface area contributed by atoms with Crippen LogP contribution in [0.4, 0.5) is 18.9 Å². The molecule has 1 aromatic carbocycles. The van der Waals surface area contributed by atoms with Crippen molar-refractivity contribution in [3.05, 3.63) is 41.2 Å². The van der Waals surface area contributed by atoms with Crippen LogP contribution in [0.25, 0.3) is 0 Å². The van der Waals surface area contributed by atoms with Gasteiger partial charge in [-0.1, -0.05) is 0 Å². The zero-order chi connectivity index (χ0) is 13.3. The van der Waals surface area contributed by atoms with E-state index in [4.69, 9.17) is 0 Å². The summed E-state index contributed by atoms with van der Waals surface area (Å²) in [4.78, 5) is 15.2. The molecule has 0 aliphatic carbocycles. The molecule has 1 amide bonds. The standard InChI is InChI=1S/C10H7F3N4O/c1-4-14-9(17-16-4)10(18)15-7-3-5(11)2-6(12)8(7)13/h2-3H,1H3,(H,15,18)(H,14,16,17). The molecule has 0 saturated carbocycles. The van der Waals surface area contributed by atoms with Gasteiger partial charge in [0.2, 0.25) is 5.82 Å². The lowest BCUT2D eigenvalue weighted by atomic mass is 10.2. The summed E-state index contributed by atoms with van der Waals surface area (Å²) in [6, 6.07) is 1.04. The maximum Gasteiger partial charge on any atom is 0.295 e. The number of halogens is 3. The monoisotopic (exact) mass is 256 g/mol. The number of H-pyrrole nitrogens is 1. The van der Waals surface area contributed by atoms with Gasteiger partial charge in [-0.05, 0) is 6.92 Å². The Balaban J connectivity index is 2.27. The Labute approximate surface area is 99.0 Å². The molecule has 8 heteroatoms. The summed E-state index contributed by atoms with van der Waals surface area (Å²) < 4.78 is 39.0. The average molecular weight is 256 g/mol. The maximum atomic E-state index is 13.3. The third-order valence-corrected chi connectivity index (χ3v) is 2.04. The lowest BCUT2D eigenvalue weighted by Crippen LogP contribution is -2.15. The molecule has 0 unspecified atom stereocenters. The molecule has 0 aliphatic heterocycles. The van der Waals surface area contributed by atoms with Crippen molar-refractivity contribution < 1.29 is 18.0 Å². The zero-order valence-electron chi connectivity index (χ0n) is 9.09. The van der Waals surface area contributed by atoms with Gasteiger partial charge in [0.05, 0.1) is 5.69 Å². The van der Waals surface area contributed by atoms with Gasteiger partial charge >= 0.3 is 0 Å². The van der Waals surface area contributed by atoms with E-state index < -0.39 is 29.0 Å². The largest absolute Gasteiger partial charge is 0.316 e. The van der Waals surface area contributed by atoms with Gasteiger partial charge in [0, 0.05) is 12.1 Å². The quantitative estimate of drug-likeness (QED) is 0.804. The van der Waals surface area contributed by atoms with Crippen molar-refractivity contribution >= 4 is 11.6 Å². The summed E-state index contributed by atoms with van der Waals surface area (Å²) >= 11 is 0. The highest BCUT2D eigenvalue weighted by atomic mass is 19.2. The van der Waals surface area contributed by atoms with Crippen LogP contribution < -0.4 is 5.32 Å². The maximum absolute atomic E-state index is 13.3. The fraction of sp³-hybridized carbons (Fsp3) is 0.100. The van der Waals surface area contributed by atoms with E-state index in [1.807, 2.05) is 5.32 Å². The van der Waals surface area contributed by atoms with E-state index in [1.165, 1.54) is 0 Å². The highest BCUT2D eigenvalue weighted by molar-refractivity contribution is 6.01. The van der Waals surface area contributed by atoms with Crippen molar-refractivity contribution in [2.75, 3.05) is 5.32 Å². The zero-order valence-corrected chi connectivity index (χ0v) is 9.09. The topological polar surface area (TPSA) is 70.7 Å². The molecule has 2 N–H and O–H groups in total. The average Bonchev–Trinajstić information content (AvgIpc) is 2.72. The number of carbonyl (C=O) groups is 1. The van der Waals surface area contributed by atoms with Gasteiger partial charge in [0.15, 0.2) is 11.6 Å². The van der Waals surface area contributed by atoms with E-state index >= 15 is 0 Å². The minimum absolute atomic E-state index is 0.253. The number of nitrogens with zero attached hydrogens (tertiary/aromatic N) is 2. The molecule has 1 heterocycles. The Morgan fingerprint density at radius 1 is 1.33 bits per heavy atom. The second-order valence-corrected chi connectivity index (χ2v) is 3.45. The number of hydrogen-bond donors (Lipinski definition) is 2. The van der Waals surface area contributed by atoms with E-state index in [0.717, 1.165) is 0 Å². The number of anilines is 1. The van der Waals surface area contributed by atoms with Crippen molar-refractivity contribution in [1.82, 2.24) is 15.2 Å². The number of aromatic nitrogens is 3. The summed E-state index contributed by atoms with van der Waals surface area (Å²) in [5.74, 6) is -4.49. The van der Waals surface area contributed by atoms with E-state index in [2.05, 4.69) is 15.2 Å². The Morgan fingerprint density at radius 3 is 2.67 bits per heavy atom. The SMILES string of the molecule is Cc1nc(C(=O)Nc2cc(F)cc(F)c2F)n[nH]1. The molecular weight excluding hydrogens is 249 g/mol. The van der Waals surface area contributed by atoms with Gasteiger partial charge in [-0.3, -0.25) is 9.89 Å². The molecular formula is C10H7F3N4O. The number of nitrogens with one attached hydrogen (secondary N) is 2. The minimum atomic E-state index is -1.39. The van der Waals surface area contributed by atoms with Crippen molar-refractivity contribution in [3.63, 3.8) is 0 Å². The molecule has 0 radical (unpaired) electrons. The summed E-state index contributed by atoms with van der Waals surface area (Å²) in [7, 11) is 0. The number of aromatic amines is 1. The molecule has 0 fully saturated rings. The number of hydrogen-bond acceptors (Lipinski definition) is 3. The third kappa shape index (κ3) is 2.31. The Hall–Kier alpha value is -2.38. The van der Waals surface area contributed by atoms with Gasteiger partial charge in [0.25, 0.3) is 5.91 Å². The first-order valence-electron chi connectivity index (χ1n) is 4.82. The molecule has 0 spiro atoms. The van der Waals surface area contributed by atoms with Crippen LogP contribution >= 0.6 is 0 Å². The predicted molar refractivity (Wildman–Crippen MR) is 55.4 cm³/mol. The van der Waals surface area contributed by atoms with Crippen LogP contribution in [0.2, 0.25) is 0 Å². The second kappa shape index (κ2) is 4.47. The van der Waals surface area contributed by atoms with Crippen LogP contribution in [0.3, 0.4) is 0 Å². The van der Waals surface area contributed by atoms with Crippen LogP contribution in [0.5, 0.6) is 0 Å².